The normalized spacial score (nSPS) is 10.3. The van der Waals surface area contributed by atoms with Gasteiger partial charge in [0.1, 0.15) is 5.69 Å². The molecule has 0 aliphatic rings. The van der Waals surface area contributed by atoms with Gasteiger partial charge >= 0.3 is 0 Å². The van der Waals surface area contributed by atoms with E-state index in [1.807, 2.05) is 20.0 Å². The third-order valence-electron chi connectivity index (χ3n) is 2.64. The van der Waals surface area contributed by atoms with E-state index in [0.717, 1.165) is 25.3 Å². The van der Waals surface area contributed by atoms with E-state index in [1.165, 1.54) is 0 Å². The monoisotopic (exact) mass is 236 g/mol. The van der Waals surface area contributed by atoms with Gasteiger partial charge in [0.05, 0.1) is 11.9 Å². The summed E-state index contributed by atoms with van der Waals surface area (Å²) in [6.45, 7) is 3.51. The van der Waals surface area contributed by atoms with Crippen molar-refractivity contribution in [2.75, 3.05) is 32.2 Å². The predicted octanol–water partition coefficient (Wildman–Crippen LogP) is 2.15. The van der Waals surface area contributed by atoms with Crippen LogP contribution in [0, 0.1) is 0 Å². The number of nitrogens with zero attached hydrogens (tertiary/aromatic N) is 2. The van der Waals surface area contributed by atoms with Gasteiger partial charge in [-0.05, 0) is 18.6 Å². The number of hydrogen-bond donors (Lipinski definition) is 0. The van der Waals surface area contributed by atoms with Gasteiger partial charge in [-0.3, -0.25) is 9.78 Å². The minimum atomic E-state index is 0.0820. The number of aromatic nitrogens is 1. The Balaban J connectivity index is 2.57. The number of hydrogen-bond acceptors (Lipinski definition) is 4. The van der Waals surface area contributed by atoms with E-state index in [1.54, 1.807) is 19.4 Å². The van der Waals surface area contributed by atoms with Crippen molar-refractivity contribution < 1.29 is 9.53 Å². The molecule has 1 aromatic heterocycles. The van der Waals surface area contributed by atoms with Gasteiger partial charge in [0, 0.05) is 33.7 Å². The van der Waals surface area contributed by atoms with Crippen LogP contribution in [0.1, 0.15) is 30.3 Å². The number of Topliss-reactive ketones (excluding diaryl/α,β-unsaturated/α-hetero) is 1. The first-order valence-electron chi connectivity index (χ1n) is 5.88. The van der Waals surface area contributed by atoms with Crippen LogP contribution in [-0.4, -0.2) is 38.1 Å². The molecule has 0 aliphatic heterocycles. The molecule has 4 heteroatoms. The highest BCUT2D eigenvalue weighted by atomic mass is 16.5. The Morgan fingerprint density at radius 2 is 2.24 bits per heavy atom. The van der Waals surface area contributed by atoms with E-state index >= 15 is 0 Å². The Morgan fingerprint density at radius 3 is 2.76 bits per heavy atom. The average Bonchev–Trinajstić information content (AvgIpc) is 2.38. The van der Waals surface area contributed by atoms with Crippen LogP contribution >= 0.6 is 0 Å². The SMILES string of the molecule is CCC(=O)c1ccc(N(C)CCCOC)cn1. The first kappa shape index (κ1) is 13.6. The van der Waals surface area contributed by atoms with Gasteiger partial charge in [-0.1, -0.05) is 6.92 Å². The number of pyridine rings is 1. The van der Waals surface area contributed by atoms with Crippen molar-refractivity contribution in [1.82, 2.24) is 4.98 Å². The van der Waals surface area contributed by atoms with Crippen LogP contribution in [0.15, 0.2) is 18.3 Å². The zero-order valence-corrected chi connectivity index (χ0v) is 10.8. The summed E-state index contributed by atoms with van der Waals surface area (Å²) in [6, 6.07) is 3.72. The van der Waals surface area contributed by atoms with Crippen LogP contribution in [0.2, 0.25) is 0 Å². The molecule has 1 heterocycles. The van der Waals surface area contributed by atoms with Crippen LogP contribution in [0.3, 0.4) is 0 Å². The lowest BCUT2D eigenvalue weighted by Gasteiger charge is -2.18. The first-order chi connectivity index (χ1) is 8.19. The molecule has 0 aliphatic carbocycles. The summed E-state index contributed by atoms with van der Waals surface area (Å²) in [6.07, 6.45) is 3.22. The highest BCUT2D eigenvalue weighted by Gasteiger charge is 2.06. The van der Waals surface area contributed by atoms with Gasteiger partial charge in [-0.25, -0.2) is 0 Å². The van der Waals surface area contributed by atoms with Crippen molar-refractivity contribution in [2.45, 2.75) is 19.8 Å². The minimum Gasteiger partial charge on any atom is -0.385 e. The second-order valence-electron chi connectivity index (χ2n) is 3.95. The molecular formula is C13H20N2O2. The Morgan fingerprint density at radius 1 is 1.47 bits per heavy atom. The number of ketones is 1. The molecule has 0 radical (unpaired) electrons. The molecule has 0 spiro atoms. The van der Waals surface area contributed by atoms with Crippen LogP contribution in [0.4, 0.5) is 5.69 Å². The van der Waals surface area contributed by atoms with Crippen molar-refractivity contribution in [1.29, 1.82) is 0 Å². The van der Waals surface area contributed by atoms with Crippen molar-refractivity contribution in [3.63, 3.8) is 0 Å². The molecule has 0 aromatic carbocycles. The standard InChI is InChI=1S/C13H20N2O2/c1-4-13(16)12-7-6-11(10-14-12)15(2)8-5-9-17-3/h6-7,10H,4-5,8-9H2,1-3H3. The third-order valence-corrected chi connectivity index (χ3v) is 2.64. The maximum Gasteiger partial charge on any atom is 0.180 e. The summed E-state index contributed by atoms with van der Waals surface area (Å²) in [5.41, 5.74) is 1.57. The number of carbonyl (C=O) groups excluding carboxylic acids is 1. The minimum absolute atomic E-state index is 0.0820. The highest BCUT2D eigenvalue weighted by molar-refractivity contribution is 5.94. The summed E-state index contributed by atoms with van der Waals surface area (Å²) in [5, 5.41) is 0. The molecule has 0 fully saturated rings. The predicted molar refractivity (Wildman–Crippen MR) is 68.6 cm³/mol. The fraction of sp³-hybridized carbons (Fsp3) is 0.538. The lowest BCUT2D eigenvalue weighted by atomic mass is 10.2. The second-order valence-corrected chi connectivity index (χ2v) is 3.95. The van der Waals surface area contributed by atoms with Gasteiger partial charge in [0.2, 0.25) is 0 Å². The van der Waals surface area contributed by atoms with Crippen molar-refractivity contribution >= 4 is 11.5 Å². The number of ether oxygens (including phenoxy) is 1. The Hall–Kier alpha value is -1.42. The quantitative estimate of drug-likeness (QED) is 0.537. The number of methoxy groups -OCH3 is 1. The molecular weight excluding hydrogens is 216 g/mol. The summed E-state index contributed by atoms with van der Waals surface area (Å²) < 4.78 is 5.01. The van der Waals surface area contributed by atoms with Crippen LogP contribution in [0.5, 0.6) is 0 Å². The third kappa shape index (κ3) is 4.15. The molecule has 0 bridgehead atoms. The maximum atomic E-state index is 11.4. The molecule has 17 heavy (non-hydrogen) atoms. The molecule has 1 rings (SSSR count). The zero-order valence-electron chi connectivity index (χ0n) is 10.8. The topological polar surface area (TPSA) is 42.4 Å². The van der Waals surface area contributed by atoms with E-state index in [0.29, 0.717) is 12.1 Å². The molecule has 0 N–H and O–H groups in total. The van der Waals surface area contributed by atoms with Gasteiger partial charge in [-0.15, -0.1) is 0 Å². The Bertz CT molecular complexity index is 349. The van der Waals surface area contributed by atoms with Crippen molar-refractivity contribution in [2.24, 2.45) is 0 Å². The Kier molecular flexibility index (Phi) is 5.63. The summed E-state index contributed by atoms with van der Waals surface area (Å²) >= 11 is 0. The van der Waals surface area contributed by atoms with E-state index in [9.17, 15) is 4.79 Å². The molecule has 0 saturated carbocycles. The first-order valence-corrected chi connectivity index (χ1v) is 5.88. The zero-order chi connectivity index (χ0) is 12.7. The second kappa shape index (κ2) is 7.01. The number of anilines is 1. The van der Waals surface area contributed by atoms with Gasteiger partial charge < -0.3 is 9.64 Å². The van der Waals surface area contributed by atoms with Crippen LogP contribution < -0.4 is 4.90 Å². The lowest BCUT2D eigenvalue weighted by Crippen LogP contribution is -2.20. The largest absolute Gasteiger partial charge is 0.385 e. The summed E-state index contributed by atoms with van der Waals surface area (Å²) in [4.78, 5) is 17.7. The van der Waals surface area contributed by atoms with Crippen LogP contribution in [0.25, 0.3) is 0 Å². The van der Waals surface area contributed by atoms with Crippen molar-refractivity contribution in [3.8, 4) is 0 Å². The number of carbonyl (C=O) groups is 1. The molecule has 0 atom stereocenters. The lowest BCUT2D eigenvalue weighted by molar-refractivity contribution is 0.0983. The van der Waals surface area contributed by atoms with Crippen molar-refractivity contribution in [3.05, 3.63) is 24.0 Å². The highest BCUT2D eigenvalue weighted by Crippen LogP contribution is 2.12. The molecule has 4 nitrogen and oxygen atoms in total. The van der Waals surface area contributed by atoms with E-state index in [-0.39, 0.29) is 5.78 Å². The summed E-state index contributed by atoms with van der Waals surface area (Å²) in [5.74, 6) is 0.0820. The molecule has 94 valence electrons. The maximum absolute atomic E-state index is 11.4. The smallest absolute Gasteiger partial charge is 0.180 e. The van der Waals surface area contributed by atoms with Crippen LogP contribution in [-0.2, 0) is 4.74 Å². The van der Waals surface area contributed by atoms with Gasteiger partial charge in [-0.2, -0.15) is 0 Å². The molecule has 0 saturated heterocycles. The van der Waals surface area contributed by atoms with E-state index in [4.69, 9.17) is 4.74 Å². The molecule has 1 aromatic rings. The van der Waals surface area contributed by atoms with Gasteiger partial charge in [0.25, 0.3) is 0 Å². The summed E-state index contributed by atoms with van der Waals surface area (Å²) in [7, 11) is 3.71. The molecule has 0 amide bonds. The fourth-order valence-electron chi connectivity index (χ4n) is 1.53. The van der Waals surface area contributed by atoms with Gasteiger partial charge in [0.15, 0.2) is 5.78 Å². The average molecular weight is 236 g/mol. The molecule has 0 unspecified atom stereocenters. The number of rotatable bonds is 7. The van der Waals surface area contributed by atoms with E-state index in [2.05, 4.69) is 9.88 Å². The Labute approximate surface area is 103 Å². The fourth-order valence-corrected chi connectivity index (χ4v) is 1.53. The van der Waals surface area contributed by atoms with E-state index < -0.39 is 0 Å².